The van der Waals surface area contributed by atoms with Crippen LogP contribution in [-0.2, 0) is 0 Å². The molecule has 0 aliphatic carbocycles. The van der Waals surface area contributed by atoms with Crippen molar-refractivity contribution >= 4 is 42.7 Å². The van der Waals surface area contributed by atoms with Gasteiger partial charge in [0, 0.05) is 16.0 Å². The number of nitrogens with zero attached hydrogens (tertiary/aromatic N) is 1. The monoisotopic (exact) mass is 209 g/mol. The lowest BCUT2D eigenvalue weighted by Crippen LogP contribution is -2.30. The predicted octanol–water partition coefficient (Wildman–Crippen LogP) is 0.995. The topological polar surface area (TPSA) is 52.8 Å². The lowest BCUT2D eigenvalue weighted by Gasteiger charge is -2.08. The summed E-state index contributed by atoms with van der Waals surface area (Å²) in [7, 11) is -1.59. The summed E-state index contributed by atoms with van der Waals surface area (Å²) in [5.74, 6) is 0. The molecule has 0 fully saturated rings. The van der Waals surface area contributed by atoms with Crippen LogP contribution in [0.3, 0.4) is 0 Å². The SMILES string of the molecule is C=Cc1c(Cl)ccc(B(O)O)c1N=C. The van der Waals surface area contributed by atoms with E-state index in [4.69, 9.17) is 21.6 Å². The Kier molecular flexibility index (Phi) is 3.46. The van der Waals surface area contributed by atoms with Gasteiger partial charge in [-0.2, -0.15) is 0 Å². The molecule has 1 rings (SSSR count). The van der Waals surface area contributed by atoms with E-state index in [1.54, 1.807) is 6.07 Å². The Balaban J connectivity index is 3.48. The van der Waals surface area contributed by atoms with Gasteiger partial charge in [-0.05, 0) is 12.8 Å². The second-order valence-electron chi connectivity index (χ2n) is 2.63. The van der Waals surface area contributed by atoms with Crippen LogP contribution < -0.4 is 5.46 Å². The molecule has 0 spiro atoms. The van der Waals surface area contributed by atoms with Crippen molar-refractivity contribution in [3.63, 3.8) is 0 Å². The van der Waals surface area contributed by atoms with Gasteiger partial charge in [0.25, 0.3) is 0 Å². The van der Waals surface area contributed by atoms with Gasteiger partial charge >= 0.3 is 7.12 Å². The lowest BCUT2D eigenvalue weighted by molar-refractivity contribution is 0.426. The average molecular weight is 209 g/mol. The minimum atomic E-state index is -1.59. The molecule has 0 bridgehead atoms. The van der Waals surface area contributed by atoms with Crippen molar-refractivity contribution in [2.75, 3.05) is 0 Å². The van der Waals surface area contributed by atoms with Gasteiger partial charge < -0.3 is 10.0 Å². The maximum Gasteiger partial charge on any atom is 0.490 e. The van der Waals surface area contributed by atoms with Gasteiger partial charge in [0.2, 0.25) is 0 Å². The van der Waals surface area contributed by atoms with Crippen LogP contribution in [0.25, 0.3) is 6.08 Å². The van der Waals surface area contributed by atoms with Crippen LogP contribution in [0.15, 0.2) is 23.7 Å². The van der Waals surface area contributed by atoms with E-state index >= 15 is 0 Å². The van der Waals surface area contributed by atoms with E-state index in [9.17, 15) is 0 Å². The van der Waals surface area contributed by atoms with E-state index < -0.39 is 7.12 Å². The number of aliphatic imine (C=N–C) groups is 1. The Bertz CT molecular complexity index is 379. The Morgan fingerprint density at radius 2 is 2.07 bits per heavy atom. The van der Waals surface area contributed by atoms with Crippen LogP contribution in [0.2, 0.25) is 5.02 Å². The number of benzene rings is 1. The number of halogens is 1. The molecule has 1 aromatic carbocycles. The summed E-state index contributed by atoms with van der Waals surface area (Å²) in [4.78, 5) is 3.70. The first-order chi connectivity index (χ1) is 6.61. The van der Waals surface area contributed by atoms with E-state index in [0.717, 1.165) is 0 Å². The quantitative estimate of drug-likeness (QED) is 0.576. The molecule has 14 heavy (non-hydrogen) atoms. The molecule has 3 nitrogen and oxygen atoms in total. The fourth-order valence-electron chi connectivity index (χ4n) is 1.18. The van der Waals surface area contributed by atoms with Crippen molar-refractivity contribution in [3.8, 4) is 0 Å². The third kappa shape index (κ3) is 1.87. The van der Waals surface area contributed by atoms with Gasteiger partial charge in [0.05, 0.1) is 5.69 Å². The lowest BCUT2D eigenvalue weighted by atomic mass is 9.78. The number of rotatable bonds is 3. The summed E-state index contributed by atoms with van der Waals surface area (Å²) < 4.78 is 0. The van der Waals surface area contributed by atoms with E-state index in [0.29, 0.717) is 16.3 Å². The van der Waals surface area contributed by atoms with Crippen molar-refractivity contribution in [1.82, 2.24) is 0 Å². The van der Waals surface area contributed by atoms with Crippen LogP contribution in [-0.4, -0.2) is 23.9 Å². The van der Waals surface area contributed by atoms with E-state index in [-0.39, 0.29) is 5.46 Å². The molecule has 2 N–H and O–H groups in total. The van der Waals surface area contributed by atoms with E-state index in [1.165, 1.54) is 12.1 Å². The molecule has 0 unspecified atom stereocenters. The van der Waals surface area contributed by atoms with Crippen LogP contribution >= 0.6 is 11.6 Å². The normalized spacial score (nSPS) is 9.64. The van der Waals surface area contributed by atoms with Gasteiger partial charge in [-0.15, -0.1) is 0 Å². The predicted molar refractivity (Wildman–Crippen MR) is 60.6 cm³/mol. The maximum absolute atomic E-state index is 9.04. The minimum absolute atomic E-state index is 0.263. The molecule has 72 valence electrons. The van der Waals surface area contributed by atoms with Gasteiger partial charge in [-0.3, -0.25) is 4.99 Å². The largest absolute Gasteiger partial charge is 0.490 e. The molecule has 0 radical (unpaired) electrons. The van der Waals surface area contributed by atoms with Crippen LogP contribution in [0.4, 0.5) is 5.69 Å². The molecule has 0 amide bonds. The minimum Gasteiger partial charge on any atom is -0.423 e. The van der Waals surface area contributed by atoms with Crippen LogP contribution in [0, 0.1) is 0 Å². The van der Waals surface area contributed by atoms with Gasteiger partial charge in [0.15, 0.2) is 0 Å². The van der Waals surface area contributed by atoms with Gasteiger partial charge in [0.1, 0.15) is 0 Å². The standard InChI is InChI=1S/C9H9BClNO2/c1-3-6-8(11)5-4-7(10(13)14)9(6)12-2/h3-5,13-14H,1-2H2. The van der Waals surface area contributed by atoms with E-state index in [1.807, 2.05) is 0 Å². The molecule has 0 aliphatic rings. The van der Waals surface area contributed by atoms with Gasteiger partial charge in [-0.1, -0.05) is 30.3 Å². The Morgan fingerprint density at radius 3 is 2.50 bits per heavy atom. The highest BCUT2D eigenvalue weighted by atomic mass is 35.5. The first-order valence-corrected chi connectivity index (χ1v) is 4.27. The maximum atomic E-state index is 9.04. The highest BCUT2D eigenvalue weighted by Gasteiger charge is 2.18. The Labute approximate surface area is 87.5 Å². The third-order valence-corrected chi connectivity index (χ3v) is 2.17. The van der Waals surface area contributed by atoms with Crippen LogP contribution in [0.5, 0.6) is 0 Å². The molecular weight excluding hydrogens is 200 g/mol. The zero-order chi connectivity index (χ0) is 10.7. The fourth-order valence-corrected chi connectivity index (χ4v) is 1.41. The number of hydrogen-bond acceptors (Lipinski definition) is 3. The van der Waals surface area contributed by atoms with Gasteiger partial charge in [-0.25, -0.2) is 0 Å². The molecule has 0 heterocycles. The summed E-state index contributed by atoms with van der Waals surface area (Å²) in [6, 6.07) is 3.05. The highest BCUT2D eigenvalue weighted by Crippen LogP contribution is 2.25. The van der Waals surface area contributed by atoms with Crippen molar-refractivity contribution in [2.45, 2.75) is 0 Å². The molecule has 1 aromatic rings. The van der Waals surface area contributed by atoms with Crippen molar-refractivity contribution in [2.24, 2.45) is 4.99 Å². The van der Waals surface area contributed by atoms with Crippen LogP contribution in [0.1, 0.15) is 5.56 Å². The van der Waals surface area contributed by atoms with Crippen molar-refractivity contribution < 1.29 is 10.0 Å². The Morgan fingerprint density at radius 1 is 1.43 bits per heavy atom. The fraction of sp³-hybridized carbons (Fsp3) is 0. The summed E-state index contributed by atoms with van der Waals surface area (Å²) in [5, 5.41) is 18.5. The third-order valence-electron chi connectivity index (χ3n) is 1.84. The summed E-state index contributed by atoms with van der Waals surface area (Å²) >= 11 is 5.86. The summed E-state index contributed by atoms with van der Waals surface area (Å²) in [6.45, 7) is 6.91. The van der Waals surface area contributed by atoms with Crippen molar-refractivity contribution in [3.05, 3.63) is 29.3 Å². The van der Waals surface area contributed by atoms with Crippen molar-refractivity contribution in [1.29, 1.82) is 0 Å². The zero-order valence-corrected chi connectivity index (χ0v) is 8.20. The zero-order valence-electron chi connectivity index (χ0n) is 7.44. The highest BCUT2D eigenvalue weighted by molar-refractivity contribution is 6.60. The van der Waals surface area contributed by atoms with E-state index in [2.05, 4.69) is 18.3 Å². The molecule has 0 atom stereocenters. The molecule has 5 heteroatoms. The Hall–Kier alpha value is -1.10. The molecule has 0 aromatic heterocycles. The first kappa shape index (κ1) is 11.0. The summed E-state index contributed by atoms with van der Waals surface area (Å²) in [6.07, 6.45) is 1.50. The second kappa shape index (κ2) is 4.42. The molecule has 0 saturated heterocycles. The molecule has 0 aliphatic heterocycles. The average Bonchev–Trinajstić information content (AvgIpc) is 2.16. The second-order valence-corrected chi connectivity index (χ2v) is 3.04. The summed E-state index contributed by atoms with van der Waals surface area (Å²) in [5.41, 5.74) is 1.16. The smallest absolute Gasteiger partial charge is 0.423 e. The number of hydrogen-bond donors (Lipinski definition) is 2. The first-order valence-electron chi connectivity index (χ1n) is 3.89. The molecular formula is C9H9BClNO2. The molecule has 0 saturated carbocycles.